The Labute approximate surface area is 117 Å². The van der Waals surface area contributed by atoms with Gasteiger partial charge in [-0.3, -0.25) is 0 Å². The lowest BCUT2D eigenvalue weighted by molar-refractivity contribution is 0.457. The molecule has 106 valence electrons. The molecule has 0 saturated heterocycles. The van der Waals surface area contributed by atoms with Crippen molar-refractivity contribution < 1.29 is 0 Å². The molecule has 1 aliphatic carbocycles. The predicted octanol–water partition coefficient (Wildman–Crippen LogP) is 1.49. The molecule has 7 nitrogen and oxygen atoms in total. The van der Waals surface area contributed by atoms with Gasteiger partial charge < -0.3 is 11.1 Å². The zero-order valence-corrected chi connectivity index (χ0v) is 12.1. The lowest BCUT2D eigenvalue weighted by Crippen LogP contribution is -2.16. The summed E-state index contributed by atoms with van der Waals surface area (Å²) in [5, 5.41) is 7.46. The molecule has 0 radical (unpaired) electrons. The van der Waals surface area contributed by atoms with Crippen LogP contribution in [-0.4, -0.2) is 30.8 Å². The topological polar surface area (TPSA) is 94.5 Å². The molecule has 0 amide bonds. The van der Waals surface area contributed by atoms with Gasteiger partial charge in [0.25, 0.3) is 5.95 Å². The van der Waals surface area contributed by atoms with Crippen molar-refractivity contribution in [1.82, 2.24) is 24.7 Å². The van der Waals surface area contributed by atoms with E-state index in [1.807, 2.05) is 0 Å². The Bertz CT molecular complexity index is 616. The van der Waals surface area contributed by atoms with Crippen LogP contribution in [0, 0.1) is 10.8 Å². The van der Waals surface area contributed by atoms with Crippen LogP contribution in [0.4, 0.5) is 11.9 Å². The van der Waals surface area contributed by atoms with Crippen molar-refractivity contribution >= 4 is 11.9 Å². The molecule has 2 aromatic heterocycles. The molecule has 20 heavy (non-hydrogen) atoms. The van der Waals surface area contributed by atoms with Crippen LogP contribution in [-0.2, 0) is 0 Å². The van der Waals surface area contributed by atoms with Gasteiger partial charge in [0.05, 0.1) is 0 Å². The summed E-state index contributed by atoms with van der Waals surface area (Å²) in [5.41, 5.74) is 6.14. The highest BCUT2D eigenvalue weighted by Crippen LogP contribution is 2.63. The number of anilines is 2. The van der Waals surface area contributed by atoms with Crippen LogP contribution in [0.1, 0.15) is 27.7 Å². The number of hydrogen-bond acceptors (Lipinski definition) is 6. The number of nitrogens with two attached hydrogens (primary N) is 1. The first kappa shape index (κ1) is 12.8. The van der Waals surface area contributed by atoms with Crippen molar-refractivity contribution in [2.24, 2.45) is 10.8 Å². The second kappa shape index (κ2) is 3.91. The normalized spacial score (nSPS) is 19.8. The van der Waals surface area contributed by atoms with E-state index in [1.54, 1.807) is 23.1 Å². The molecule has 1 fully saturated rings. The summed E-state index contributed by atoms with van der Waals surface area (Å²) < 4.78 is 1.56. The monoisotopic (exact) mass is 273 g/mol. The smallest absolute Gasteiger partial charge is 0.257 e. The molecule has 3 N–H and O–H groups in total. The summed E-state index contributed by atoms with van der Waals surface area (Å²) in [4.78, 5) is 12.6. The summed E-state index contributed by atoms with van der Waals surface area (Å²) >= 11 is 0. The standard InChI is InChI=1S/C13H19N7/c1-12(2)8(13(12,3)4)16-10-17-9(14)18-11(19-10)20-7-5-6-15-20/h5-8H,1-4H3,(H3,14,16,17,18,19). The van der Waals surface area contributed by atoms with E-state index in [9.17, 15) is 0 Å². The first-order valence-corrected chi connectivity index (χ1v) is 6.60. The molecule has 1 aliphatic rings. The largest absolute Gasteiger partial charge is 0.368 e. The van der Waals surface area contributed by atoms with Gasteiger partial charge in [-0.2, -0.15) is 20.1 Å². The highest BCUT2D eigenvalue weighted by Gasteiger charge is 2.65. The van der Waals surface area contributed by atoms with Gasteiger partial charge in [0, 0.05) is 18.4 Å². The van der Waals surface area contributed by atoms with Crippen molar-refractivity contribution in [3.8, 4) is 5.95 Å². The first-order chi connectivity index (χ1) is 9.32. The number of nitrogens with one attached hydrogen (secondary N) is 1. The molecular weight excluding hydrogens is 254 g/mol. The minimum atomic E-state index is 0.185. The van der Waals surface area contributed by atoms with Gasteiger partial charge in [-0.1, -0.05) is 27.7 Å². The number of nitrogens with zero attached hydrogens (tertiary/aromatic N) is 5. The van der Waals surface area contributed by atoms with E-state index in [2.05, 4.69) is 53.1 Å². The molecule has 7 heteroatoms. The van der Waals surface area contributed by atoms with Crippen molar-refractivity contribution in [3.05, 3.63) is 18.5 Å². The van der Waals surface area contributed by atoms with Crippen LogP contribution in [0.2, 0.25) is 0 Å². The van der Waals surface area contributed by atoms with Gasteiger partial charge in [-0.25, -0.2) is 4.68 Å². The predicted molar refractivity (Wildman–Crippen MR) is 76.3 cm³/mol. The van der Waals surface area contributed by atoms with E-state index in [0.29, 0.717) is 17.9 Å². The Morgan fingerprint density at radius 2 is 1.85 bits per heavy atom. The maximum Gasteiger partial charge on any atom is 0.257 e. The second-order valence-corrected chi connectivity index (χ2v) is 6.29. The van der Waals surface area contributed by atoms with Crippen LogP contribution in [0.3, 0.4) is 0 Å². The molecule has 1 saturated carbocycles. The molecule has 3 rings (SSSR count). The fraction of sp³-hybridized carbons (Fsp3) is 0.538. The molecule has 0 aliphatic heterocycles. The zero-order valence-electron chi connectivity index (χ0n) is 12.1. The van der Waals surface area contributed by atoms with Gasteiger partial charge >= 0.3 is 0 Å². The maximum absolute atomic E-state index is 5.75. The summed E-state index contributed by atoms with van der Waals surface area (Å²) in [7, 11) is 0. The molecular formula is C13H19N7. The second-order valence-electron chi connectivity index (χ2n) is 6.29. The lowest BCUT2D eigenvalue weighted by Gasteiger charge is -2.08. The Balaban J connectivity index is 1.89. The van der Waals surface area contributed by atoms with Crippen LogP contribution in [0.5, 0.6) is 0 Å². The van der Waals surface area contributed by atoms with E-state index in [4.69, 9.17) is 5.73 Å². The van der Waals surface area contributed by atoms with Gasteiger partial charge in [0.15, 0.2) is 0 Å². The van der Waals surface area contributed by atoms with Gasteiger partial charge in [0.1, 0.15) is 0 Å². The number of rotatable bonds is 3. The average Bonchev–Trinajstić information content (AvgIpc) is 2.81. The number of hydrogen-bond donors (Lipinski definition) is 2. The fourth-order valence-corrected chi connectivity index (χ4v) is 2.62. The molecule has 0 aromatic carbocycles. The molecule has 0 spiro atoms. The van der Waals surface area contributed by atoms with E-state index in [1.165, 1.54) is 0 Å². The number of aromatic nitrogens is 5. The SMILES string of the molecule is CC1(C)C(Nc2nc(N)nc(-n3cccn3)n2)C1(C)C. The third-order valence-corrected chi connectivity index (χ3v) is 4.64. The molecule has 0 bridgehead atoms. The average molecular weight is 273 g/mol. The third-order valence-electron chi connectivity index (χ3n) is 4.64. The first-order valence-electron chi connectivity index (χ1n) is 6.60. The Hall–Kier alpha value is -2.18. The van der Waals surface area contributed by atoms with E-state index in [-0.39, 0.29) is 16.8 Å². The zero-order chi connectivity index (χ0) is 14.5. The third kappa shape index (κ3) is 1.81. The van der Waals surface area contributed by atoms with Crippen LogP contribution < -0.4 is 11.1 Å². The molecule has 0 unspecified atom stereocenters. The van der Waals surface area contributed by atoms with Crippen LogP contribution in [0.15, 0.2) is 18.5 Å². The number of nitrogen functional groups attached to an aromatic ring is 1. The van der Waals surface area contributed by atoms with E-state index in [0.717, 1.165) is 0 Å². The summed E-state index contributed by atoms with van der Waals surface area (Å²) in [5.74, 6) is 1.09. The minimum Gasteiger partial charge on any atom is -0.368 e. The van der Waals surface area contributed by atoms with Gasteiger partial charge in [-0.05, 0) is 16.9 Å². The minimum absolute atomic E-state index is 0.185. The summed E-state index contributed by atoms with van der Waals surface area (Å²) in [6, 6.07) is 2.11. The lowest BCUT2D eigenvalue weighted by atomic mass is 10.0. The quantitative estimate of drug-likeness (QED) is 0.879. The van der Waals surface area contributed by atoms with Gasteiger partial charge in [0.2, 0.25) is 11.9 Å². The summed E-state index contributed by atoms with van der Waals surface area (Å²) in [6.45, 7) is 8.90. The Morgan fingerprint density at radius 1 is 1.15 bits per heavy atom. The molecule has 2 aromatic rings. The highest BCUT2D eigenvalue weighted by molar-refractivity contribution is 5.40. The fourth-order valence-electron chi connectivity index (χ4n) is 2.62. The Morgan fingerprint density at radius 3 is 2.40 bits per heavy atom. The van der Waals surface area contributed by atoms with Crippen molar-refractivity contribution in [1.29, 1.82) is 0 Å². The molecule has 2 heterocycles. The van der Waals surface area contributed by atoms with Crippen LogP contribution >= 0.6 is 0 Å². The van der Waals surface area contributed by atoms with Crippen molar-refractivity contribution in [3.63, 3.8) is 0 Å². The van der Waals surface area contributed by atoms with Crippen molar-refractivity contribution in [2.45, 2.75) is 33.7 Å². The highest BCUT2D eigenvalue weighted by atomic mass is 15.4. The summed E-state index contributed by atoms with van der Waals surface area (Å²) in [6.07, 6.45) is 3.43. The Kier molecular flexibility index (Phi) is 2.51. The van der Waals surface area contributed by atoms with Crippen molar-refractivity contribution in [2.75, 3.05) is 11.1 Å². The van der Waals surface area contributed by atoms with Gasteiger partial charge in [-0.15, -0.1) is 0 Å². The van der Waals surface area contributed by atoms with E-state index >= 15 is 0 Å². The van der Waals surface area contributed by atoms with Crippen LogP contribution in [0.25, 0.3) is 5.95 Å². The molecule has 0 atom stereocenters. The van der Waals surface area contributed by atoms with E-state index < -0.39 is 0 Å². The maximum atomic E-state index is 5.75.